The fourth-order valence-electron chi connectivity index (χ4n) is 2.72. The number of ether oxygens (including phenoxy) is 2. The zero-order valence-corrected chi connectivity index (χ0v) is 11.6. The molecule has 0 radical (unpaired) electrons. The molecule has 0 N–H and O–H groups in total. The molecule has 5 heteroatoms. The zero-order chi connectivity index (χ0) is 14.7. The second-order valence-corrected chi connectivity index (χ2v) is 5.22. The van der Waals surface area contributed by atoms with Crippen LogP contribution in [0.5, 0.6) is 0 Å². The van der Waals surface area contributed by atoms with Gasteiger partial charge in [-0.1, -0.05) is 42.5 Å². The number of carbonyl (C=O) groups is 2. The highest BCUT2D eigenvalue weighted by Gasteiger charge is 2.41. The predicted molar refractivity (Wildman–Crippen MR) is 75.1 cm³/mol. The summed E-state index contributed by atoms with van der Waals surface area (Å²) in [7, 11) is 0. The number of nitrogens with zero attached hydrogens (tertiary/aromatic N) is 1. The van der Waals surface area contributed by atoms with Crippen molar-refractivity contribution in [3.05, 3.63) is 48.0 Å². The van der Waals surface area contributed by atoms with Crippen LogP contribution in [0.4, 0.5) is 4.79 Å². The molecule has 5 nitrogen and oxygen atoms in total. The Hall–Kier alpha value is -2.30. The van der Waals surface area contributed by atoms with Crippen LogP contribution in [-0.2, 0) is 20.9 Å². The van der Waals surface area contributed by atoms with Gasteiger partial charge in [-0.2, -0.15) is 0 Å². The third-order valence-electron chi connectivity index (χ3n) is 3.89. The SMILES string of the molecule is O=C1OCN(C(=O)OCc2ccccc2)[C@H]2CC=CC[C@H]12. The minimum atomic E-state index is -0.434. The lowest BCUT2D eigenvalue weighted by molar-refractivity contribution is -0.166. The molecule has 1 saturated heterocycles. The smallest absolute Gasteiger partial charge is 0.413 e. The Morgan fingerprint density at radius 1 is 1.24 bits per heavy atom. The molecule has 21 heavy (non-hydrogen) atoms. The number of allylic oxidation sites excluding steroid dienone is 1. The van der Waals surface area contributed by atoms with Crippen LogP contribution in [0.15, 0.2) is 42.5 Å². The molecule has 110 valence electrons. The van der Waals surface area contributed by atoms with Gasteiger partial charge in [0.2, 0.25) is 0 Å². The van der Waals surface area contributed by atoms with E-state index >= 15 is 0 Å². The molecule has 0 aromatic heterocycles. The molecule has 0 saturated carbocycles. The van der Waals surface area contributed by atoms with Gasteiger partial charge < -0.3 is 9.47 Å². The number of hydrogen-bond donors (Lipinski definition) is 0. The van der Waals surface area contributed by atoms with E-state index in [2.05, 4.69) is 0 Å². The van der Waals surface area contributed by atoms with Crippen LogP contribution < -0.4 is 0 Å². The summed E-state index contributed by atoms with van der Waals surface area (Å²) in [4.78, 5) is 25.5. The van der Waals surface area contributed by atoms with Gasteiger partial charge in [-0.05, 0) is 18.4 Å². The maximum Gasteiger partial charge on any atom is 0.413 e. The average Bonchev–Trinajstić information content (AvgIpc) is 2.54. The molecular formula is C16H17NO4. The van der Waals surface area contributed by atoms with Crippen LogP contribution in [0, 0.1) is 5.92 Å². The second kappa shape index (κ2) is 5.99. The fourth-order valence-corrected chi connectivity index (χ4v) is 2.72. The van der Waals surface area contributed by atoms with E-state index < -0.39 is 6.09 Å². The van der Waals surface area contributed by atoms with Crippen LogP contribution in [0.3, 0.4) is 0 Å². The molecule has 2 atom stereocenters. The summed E-state index contributed by atoms with van der Waals surface area (Å²) in [6, 6.07) is 9.35. The van der Waals surface area contributed by atoms with Gasteiger partial charge >= 0.3 is 12.1 Å². The lowest BCUT2D eigenvalue weighted by atomic mass is 9.87. The van der Waals surface area contributed by atoms with Crippen LogP contribution >= 0.6 is 0 Å². The van der Waals surface area contributed by atoms with E-state index in [4.69, 9.17) is 9.47 Å². The first-order valence-electron chi connectivity index (χ1n) is 7.04. The first-order valence-corrected chi connectivity index (χ1v) is 7.04. The predicted octanol–water partition coefficient (Wildman–Crippen LogP) is 2.47. The lowest BCUT2D eigenvalue weighted by Crippen LogP contribution is -2.53. The van der Waals surface area contributed by atoms with E-state index in [-0.39, 0.29) is 31.3 Å². The molecular weight excluding hydrogens is 270 g/mol. The number of hydrogen-bond acceptors (Lipinski definition) is 4. The number of esters is 1. The van der Waals surface area contributed by atoms with Gasteiger partial charge in [0.05, 0.1) is 12.0 Å². The summed E-state index contributed by atoms with van der Waals surface area (Å²) in [6.07, 6.45) is 4.81. The van der Waals surface area contributed by atoms with Gasteiger partial charge in [-0.25, -0.2) is 4.79 Å². The number of carbonyl (C=O) groups excluding carboxylic acids is 2. The standard InChI is InChI=1S/C16H17NO4/c18-15-13-8-4-5-9-14(13)17(11-21-15)16(19)20-10-12-6-2-1-3-7-12/h1-7,13-14H,8-11H2/t13-,14-/m0/s1. The molecule has 1 aliphatic carbocycles. The van der Waals surface area contributed by atoms with Gasteiger partial charge in [-0.15, -0.1) is 0 Å². The topological polar surface area (TPSA) is 55.8 Å². The van der Waals surface area contributed by atoms with E-state index in [1.54, 1.807) is 0 Å². The highest BCUT2D eigenvalue weighted by atomic mass is 16.6. The number of fused-ring (bicyclic) bond motifs is 1. The van der Waals surface area contributed by atoms with Gasteiger partial charge in [-0.3, -0.25) is 9.69 Å². The molecule has 1 heterocycles. The normalized spacial score (nSPS) is 24.2. The summed E-state index contributed by atoms with van der Waals surface area (Å²) >= 11 is 0. The van der Waals surface area contributed by atoms with Crippen molar-refractivity contribution in [2.45, 2.75) is 25.5 Å². The second-order valence-electron chi connectivity index (χ2n) is 5.22. The van der Waals surface area contributed by atoms with Crippen molar-refractivity contribution >= 4 is 12.1 Å². The quantitative estimate of drug-likeness (QED) is 0.619. The molecule has 2 aliphatic rings. The third kappa shape index (κ3) is 2.91. The van der Waals surface area contributed by atoms with Crippen LogP contribution in [0.2, 0.25) is 0 Å². The highest BCUT2D eigenvalue weighted by Crippen LogP contribution is 2.29. The Bertz CT molecular complexity index is 555. The van der Waals surface area contributed by atoms with E-state index in [0.717, 1.165) is 5.56 Å². The zero-order valence-electron chi connectivity index (χ0n) is 11.6. The van der Waals surface area contributed by atoms with Gasteiger partial charge in [0.25, 0.3) is 0 Å². The van der Waals surface area contributed by atoms with E-state index in [1.165, 1.54) is 4.90 Å². The maximum atomic E-state index is 12.2. The Labute approximate surface area is 123 Å². The largest absolute Gasteiger partial charge is 0.444 e. The first kappa shape index (κ1) is 13.7. The van der Waals surface area contributed by atoms with Crippen molar-refractivity contribution < 1.29 is 19.1 Å². The number of rotatable bonds is 2. The maximum absolute atomic E-state index is 12.2. The van der Waals surface area contributed by atoms with Crippen LogP contribution in [-0.4, -0.2) is 29.7 Å². The summed E-state index contributed by atoms with van der Waals surface area (Å²) < 4.78 is 10.4. The summed E-state index contributed by atoms with van der Waals surface area (Å²) in [5, 5.41) is 0. The summed E-state index contributed by atoms with van der Waals surface area (Å²) in [5.74, 6) is -0.496. The van der Waals surface area contributed by atoms with E-state index in [9.17, 15) is 9.59 Å². The molecule has 0 spiro atoms. The van der Waals surface area contributed by atoms with Crippen molar-refractivity contribution in [3.63, 3.8) is 0 Å². The average molecular weight is 287 g/mol. The van der Waals surface area contributed by atoms with Gasteiger partial charge in [0.15, 0.2) is 6.73 Å². The van der Waals surface area contributed by atoms with Crippen molar-refractivity contribution in [1.29, 1.82) is 0 Å². The molecule has 0 unspecified atom stereocenters. The van der Waals surface area contributed by atoms with Crippen molar-refractivity contribution in [3.8, 4) is 0 Å². The highest BCUT2D eigenvalue weighted by molar-refractivity contribution is 5.77. The van der Waals surface area contributed by atoms with E-state index in [1.807, 2.05) is 42.5 Å². The molecule has 1 aromatic rings. The van der Waals surface area contributed by atoms with E-state index in [0.29, 0.717) is 12.8 Å². The van der Waals surface area contributed by atoms with Crippen molar-refractivity contribution in [1.82, 2.24) is 4.90 Å². The first-order chi connectivity index (χ1) is 10.3. The molecule has 1 amide bonds. The lowest BCUT2D eigenvalue weighted by Gasteiger charge is -2.39. The molecule has 1 aromatic carbocycles. The summed E-state index contributed by atoms with van der Waals surface area (Å²) in [5.41, 5.74) is 0.931. The molecule has 1 aliphatic heterocycles. The monoisotopic (exact) mass is 287 g/mol. The van der Waals surface area contributed by atoms with Crippen LogP contribution in [0.25, 0.3) is 0 Å². The summed E-state index contributed by atoms with van der Waals surface area (Å²) in [6.45, 7) is 0.193. The Kier molecular flexibility index (Phi) is 3.90. The van der Waals surface area contributed by atoms with Crippen LogP contribution in [0.1, 0.15) is 18.4 Å². The number of amides is 1. The minimum Gasteiger partial charge on any atom is -0.444 e. The number of benzene rings is 1. The Balaban J connectivity index is 1.64. The third-order valence-corrected chi connectivity index (χ3v) is 3.89. The molecule has 1 fully saturated rings. The van der Waals surface area contributed by atoms with Crippen molar-refractivity contribution in [2.75, 3.05) is 6.73 Å². The molecule has 3 rings (SSSR count). The molecule has 0 bridgehead atoms. The van der Waals surface area contributed by atoms with Gasteiger partial charge in [0, 0.05) is 0 Å². The van der Waals surface area contributed by atoms with Gasteiger partial charge in [0.1, 0.15) is 6.61 Å². The minimum absolute atomic E-state index is 0.0263. The fraction of sp³-hybridized carbons (Fsp3) is 0.375. The Morgan fingerprint density at radius 2 is 2.00 bits per heavy atom. The van der Waals surface area contributed by atoms with Crippen molar-refractivity contribution in [2.24, 2.45) is 5.92 Å². The Morgan fingerprint density at radius 3 is 2.81 bits per heavy atom. The number of cyclic esters (lactones) is 1.